The molecular weight excluding hydrogens is 250 g/mol. The van der Waals surface area contributed by atoms with Gasteiger partial charge in [0.15, 0.2) is 0 Å². The third-order valence-corrected chi connectivity index (χ3v) is 4.17. The molecule has 1 aliphatic heterocycles. The molecule has 0 spiro atoms. The van der Waals surface area contributed by atoms with Gasteiger partial charge < -0.3 is 10.2 Å². The number of carbonyl (C=O) groups excluding carboxylic acids is 2. The number of aromatic nitrogens is 1. The van der Waals surface area contributed by atoms with Crippen LogP contribution >= 0.6 is 11.3 Å². The average Bonchev–Trinajstić information content (AvgIpc) is 3.09. The van der Waals surface area contributed by atoms with Gasteiger partial charge in [-0.3, -0.25) is 9.59 Å². The normalized spacial score (nSPS) is 24.9. The highest BCUT2D eigenvalue weighted by molar-refractivity contribution is 7.09. The lowest BCUT2D eigenvalue weighted by Crippen LogP contribution is -2.45. The summed E-state index contributed by atoms with van der Waals surface area (Å²) in [5.74, 6) is 0.388. The number of hydrogen-bond acceptors (Lipinski definition) is 4. The van der Waals surface area contributed by atoms with Gasteiger partial charge in [0.2, 0.25) is 11.8 Å². The molecule has 1 saturated heterocycles. The highest BCUT2D eigenvalue weighted by Crippen LogP contribution is 2.34. The van der Waals surface area contributed by atoms with Crippen molar-refractivity contribution in [3.05, 3.63) is 16.6 Å². The number of thiazole rings is 1. The predicted molar refractivity (Wildman–Crippen MR) is 66.8 cm³/mol. The molecule has 1 atom stereocenters. The fourth-order valence-corrected chi connectivity index (χ4v) is 2.88. The molecule has 2 heterocycles. The minimum atomic E-state index is -0.306. The highest BCUT2D eigenvalue weighted by Gasteiger charge is 2.40. The van der Waals surface area contributed by atoms with Gasteiger partial charge >= 0.3 is 0 Å². The molecule has 2 fully saturated rings. The van der Waals surface area contributed by atoms with E-state index in [0.717, 1.165) is 17.8 Å². The van der Waals surface area contributed by atoms with Crippen LogP contribution in [0.3, 0.4) is 0 Å². The van der Waals surface area contributed by atoms with Gasteiger partial charge in [0, 0.05) is 24.5 Å². The van der Waals surface area contributed by atoms with E-state index in [1.54, 1.807) is 22.4 Å². The van der Waals surface area contributed by atoms with Gasteiger partial charge in [-0.25, -0.2) is 4.98 Å². The fraction of sp³-hybridized carbons (Fsp3) is 0.583. The van der Waals surface area contributed by atoms with Crippen LogP contribution in [0.25, 0.3) is 0 Å². The number of rotatable bonds is 3. The number of amides is 2. The molecule has 5 nitrogen and oxygen atoms in total. The first-order valence-electron chi connectivity index (χ1n) is 6.20. The Morgan fingerprint density at radius 1 is 1.44 bits per heavy atom. The van der Waals surface area contributed by atoms with Gasteiger partial charge in [-0.1, -0.05) is 0 Å². The van der Waals surface area contributed by atoms with Gasteiger partial charge in [-0.2, -0.15) is 0 Å². The standard InChI is InChI=1S/C12H15N3O2S/c16-9-3-5-15(7-10-13-4-6-18-10)12(17)11(14-9)8-1-2-8/h4,6,8,11H,1-3,5,7H2,(H,14,16). The number of nitrogens with one attached hydrogen (secondary N) is 1. The van der Waals surface area contributed by atoms with E-state index in [0.29, 0.717) is 25.4 Å². The summed E-state index contributed by atoms with van der Waals surface area (Å²) >= 11 is 1.54. The largest absolute Gasteiger partial charge is 0.344 e. The molecule has 1 N–H and O–H groups in total. The maximum atomic E-state index is 12.4. The molecule has 96 valence electrons. The van der Waals surface area contributed by atoms with E-state index >= 15 is 0 Å². The molecule has 1 saturated carbocycles. The first-order chi connectivity index (χ1) is 8.74. The van der Waals surface area contributed by atoms with E-state index in [4.69, 9.17) is 0 Å². The van der Waals surface area contributed by atoms with Crippen LogP contribution in [0.15, 0.2) is 11.6 Å². The third kappa shape index (κ3) is 2.38. The quantitative estimate of drug-likeness (QED) is 0.878. The Morgan fingerprint density at radius 2 is 2.28 bits per heavy atom. The van der Waals surface area contributed by atoms with E-state index in [-0.39, 0.29) is 17.9 Å². The lowest BCUT2D eigenvalue weighted by atomic mass is 10.1. The van der Waals surface area contributed by atoms with E-state index < -0.39 is 0 Å². The molecule has 1 unspecified atom stereocenters. The Hall–Kier alpha value is -1.43. The van der Waals surface area contributed by atoms with E-state index in [2.05, 4.69) is 10.3 Å². The van der Waals surface area contributed by atoms with Crippen LogP contribution in [0.4, 0.5) is 0 Å². The molecule has 0 bridgehead atoms. The van der Waals surface area contributed by atoms with E-state index in [1.807, 2.05) is 5.38 Å². The van der Waals surface area contributed by atoms with Crippen LogP contribution in [0.5, 0.6) is 0 Å². The fourth-order valence-electron chi connectivity index (χ4n) is 2.25. The average molecular weight is 265 g/mol. The second-order valence-corrected chi connectivity index (χ2v) is 5.80. The second-order valence-electron chi connectivity index (χ2n) is 4.82. The third-order valence-electron chi connectivity index (χ3n) is 3.41. The van der Waals surface area contributed by atoms with Crippen molar-refractivity contribution in [2.75, 3.05) is 6.54 Å². The maximum absolute atomic E-state index is 12.4. The van der Waals surface area contributed by atoms with Crippen LogP contribution < -0.4 is 5.32 Å². The van der Waals surface area contributed by atoms with Crippen molar-refractivity contribution >= 4 is 23.2 Å². The number of hydrogen-bond donors (Lipinski definition) is 1. The van der Waals surface area contributed by atoms with Crippen molar-refractivity contribution in [3.63, 3.8) is 0 Å². The summed E-state index contributed by atoms with van der Waals surface area (Å²) in [6.07, 6.45) is 4.22. The van der Waals surface area contributed by atoms with Gasteiger partial charge in [-0.15, -0.1) is 11.3 Å². The zero-order valence-corrected chi connectivity index (χ0v) is 10.8. The monoisotopic (exact) mass is 265 g/mol. The lowest BCUT2D eigenvalue weighted by Gasteiger charge is -2.22. The van der Waals surface area contributed by atoms with Crippen molar-refractivity contribution < 1.29 is 9.59 Å². The van der Waals surface area contributed by atoms with Crippen LogP contribution in [-0.2, 0) is 16.1 Å². The molecule has 2 aliphatic rings. The number of nitrogens with zero attached hydrogens (tertiary/aromatic N) is 2. The van der Waals surface area contributed by atoms with Crippen LogP contribution in [-0.4, -0.2) is 34.3 Å². The Kier molecular flexibility index (Phi) is 3.03. The van der Waals surface area contributed by atoms with E-state index in [1.165, 1.54) is 0 Å². The molecule has 3 rings (SSSR count). The molecule has 1 aromatic rings. The van der Waals surface area contributed by atoms with Crippen LogP contribution in [0, 0.1) is 5.92 Å². The first-order valence-corrected chi connectivity index (χ1v) is 7.08. The maximum Gasteiger partial charge on any atom is 0.245 e. The smallest absolute Gasteiger partial charge is 0.245 e. The second kappa shape index (κ2) is 4.68. The molecule has 18 heavy (non-hydrogen) atoms. The molecule has 0 radical (unpaired) electrons. The summed E-state index contributed by atoms with van der Waals surface area (Å²) in [7, 11) is 0. The Labute approximate surface area is 109 Å². The van der Waals surface area contributed by atoms with Gasteiger partial charge in [0.05, 0.1) is 6.54 Å². The SMILES string of the molecule is O=C1CCN(Cc2nccs2)C(=O)C(C2CC2)N1. The van der Waals surface area contributed by atoms with Crippen molar-refractivity contribution in [3.8, 4) is 0 Å². The summed E-state index contributed by atoms with van der Waals surface area (Å²) in [5, 5.41) is 5.68. The Balaban J connectivity index is 1.75. The minimum absolute atomic E-state index is 0.0121. The molecule has 1 aliphatic carbocycles. The predicted octanol–water partition coefficient (Wildman–Crippen LogP) is 0.770. The van der Waals surface area contributed by atoms with Gasteiger partial charge in [0.25, 0.3) is 0 Å². The van der Waals surface area contributed by atoms with Crippen LogP contribution in [0.2, 0.25) is 0 Å². The van der Waals surface area contributed by atoms with Crippen molar-refractivity contribution in [1.82, 2.24) is 15.2 Å². The molecule has 6 heteroatoms. The summed E-state index contributed by atoms with van der Waals surface area (Å²) in [6, 6.07) is -0.306. The minimum Gasteiger partial charge on any atom is -0.344 e. The first kappa shape index (κ1) is 11.6. The molecule has 0 aromatic carbocycles. The Bertz CT molecular complexity index is 456. The van der Waals surface area contributed by atoms with Gasteiger partial charge in [-0.05, 0) is 18.8 Å². The van der Waals surface area contributed by atoms with Crippen molar-refractivity contribution in [2.45, 2.75) is 31.8 Å². The topological polar surface area (TPSA) is 62.3 Å². The zero-order valence-electron chi connectivity index (χ0n) is 9.96. The molecule has 1 aromatic heterocycles. The summed E-state index contributed by atoms with van der Waals surface area (Å²) in [4.78, 5) is 30.0. The van der Waals surface area contributed by atoms with Crippen molar-refractivity contribution in [1.29, 1.82) is 0 Å². The molecular formula is C12H15N3O2S. The molecule has 2 amide bonds. The summed E-state index contributed by atoms with van der Waals surface area (Å²) in [6.45, 7) is 1.02. The summed E-state index contributed by atoms with van der Waals surface area (Å²) in [5.41, 5.74) is 0. The van der Waals surface area contributed by atoms with E-state index in [9.17, 15) is 9.59 Å². The van der Waals surface area contributed by atoms with Crippen molar-refractivity contribution in [2.24, 2.45) is 5.92 Å². The zero-order chi connectivity index (χ0) is 12.5. The van der Waals surface area contributed by atoms with Gasteiger partial charge in [0.1, 0.15) is 11.0 Å². The number of carbonyl (C=O) groups is 2. The highest BCUT2D eigenvalue weighted by atomic mass is 32.1. The Morgan fingerprint density at radius 3 is 2.94 bits per heavy atom. The van der Waals surface area contributed by atoms with Crippen LogP contribution in [0.1, 0.15) is 24.3 Å². The lowest BCUT2D eigenvalue weighted by molar-refractivity contribution is -0.134. The summed E-state index contributed by atoms with van der Waals surface area (Å²) < 4.78 is 0.